The lowest BCUT2D eigenvalue weighted by atomic mass is 10.2. The summed E-state index contributed by atoms with van der Waals surface area (Å²) in [7, 11) is 0. The molecule has 1 amide bonds. The van der Waals surface area contributed by atoms with E-state index in [1.54, 1.807) is 36.7 Å². The van der Waals surface area contributed by atoms with E-state index in [9.17, 15) is 4.79 Å². The second-order valence-corrected chi connectivity index (χ2v) is 7.46. The van der Waals surface area contributed by atoms with Crippen LogP contribution in [0.5, 0.6) is 0 Å². The average molecular weight is 435 g/mol. The number of piperazine rings is 1. The van der Waals surface area contributed by atoms with Crippen LogP contribution in [0.1, 0.15) is 18.6 Å². The standard InChI is InChI=1S/C23H24N8O/c1-29-7-9-31(10-8-29)22-11-16(5-6-24-22)23(32)28-21-12-20-17(13-25-21)3-4-19(27-20)18-14-26-30(2)15-18/h3-6,11-15H,7-10H2,1-2H3,(H,25,28,32)/i1D3,2D3. The fraction of sp³-hybridized carbons (Fsp3) is 0.261. The van der Waals surface area contributed by atoms with Gasteiger partial charge in [-0.25, -0.2) is 15.0 Å². The maximum absolute atomic E-state index is 13.0. The molecule has 1 aliphatic heterocycles. The van der Waals surface area contributed by atoms with Gasteiger partial charge >= 0.3 is 0 Å². The summed E-state index contributed by atoms with van der Waals surface area (Å²) in [6.45, 7) is -2.77. The number of nitrogens with one attached hydrogen (secondary N) is 1. The van der Waals surface area contributed by atoms with Crippen LogP contribution >= 0.6 is 0 Å². The zero-order valence-corrected chi connectivity index (χ0v) is 17.1. The lowest BCUT2D eigenvalue weighted by molar-refractivity contribution is 0.102. The molecule has 1 saturated heterocycles. The smallest absolute Gasteiger partial charge is 0.257 e. The molecule has 0 unspecified atom stereocenters. The summed E-state index contributed by atoms with van der Waals surface area (Å²) in [5, 5.41) is 7.43. The van der Waals surface area contributed by atoms with E-state index < -0.39 is 14.0 Å². The molecule has 0 bridgehead atoms. The van der Waals surface area contributed by atoms with Crippen molar-refractivity contribution in [3.05, 3.63) is 60.7 Å². The van der Waals surface area contributed by atoms with Crippen LogP contribution in [-0.4, -0.2) is 68.7 Å². The summed E-state index contributed by atoms with van der Waals surface area (Å²) in [4.78, 5) is 29.6. The van der Waals surface area contributed by atoms with Crippen LogP contribution in [0.15, 0.2) is 55.1 Å². The van der Waals surface area contributed by atoms with Crippen molar-refractivity contribution in [2.75, 3.05) is 43.4 Å². The molecule has 0 aliphatic carbocycles. The first-order valence-corrected chi connectivity index (χ1v) is 10.1. The van der Waals surface area contributed by atoms with Crippen molar-refractivity contribution < 1.29 is 13.0 Å². The van der Waals surface area contributed by atoms with Gasteiger partial charge in [-0.1, -0.05) is 0 Å². The molecule has 9 nitrogen and oxygen atoms in total. The summed E-state index contributed by atoms with van der Waals surface area (Å²) in [6.07, 6.45) is 5.99. The summed E-state index contributed by atoms with van der Waals surface area (Å²) in [5.41, 5.74) is 2.04. The highest BCUT2D eigenvalue weighted by Gasteiger charge is 2.17. The molecular weight excluding hydrogens is 404 g/mol. The minimum Gasteiger partial charge on any atom is -0.354 e. The van der Waals surface area contributed by atoms with Crippen molar-refractivity contribution in [1.29, 1.82) is 0 Å². The number of anilines is 2. The van der Waals surface area contributed by atoms with Gasteiger partial charge in [0.25, 0.3) is 5.91 Å². The molecule has 0 aromatic carbocycles. The molecule has 9 heteroatoms. The average Bonchev–Trinajstić information content (AvgIpc) is 3.39. The highest BCUT2D eigenvalue weighted by Crippen LogP contribution is 2.22. The number of hydrogen-bond donors (Lipinski definition) is 1. The summed E-state index contributed by atoms with van der Waals surface area (Å²) in [6, 6.07) is 8.46. The Balaban J connectivity index is 1.31. The van der Waals surface area contributed by atoms with Crippen LogP contribution in [0.2, 0.25) is 0 Å². The molecule has 1 aliphatic rings. The topological polar surface area (TPSA) is 92.1 Å². The number of pyridine rings is 3. The zero-order valence-electron chi connectivity index (χ0n) is 23.1. The van der Waals surface area contributed by atoms with Crippen molar-refractivity contribution in [3.8, 4) is 11.3 Å². The largest absolute Gasteiger partial charge is 0.354 e. The molecule has 0 spiro atoms. The van der Waals surface area contributed by atoms with Crippen molar-refractivity contribution in [2.45, 2.75) is 0 Å². The van der Waals surface area contributed by atoms with Gasteiger partial charge in [-0.05, 0) is 31.2 Å². The quantitative estimate of drug-likeness (QED) is 0.527. The maximum atomic E-state index is 13.0. The highest BCUT2D eigenvalue weighted by atomic mass is 16.1. The Labute approximate surface area is 194 Å². The van der Waals surface area contributed by atoms with Crippen LogP contribution < -0.4 is 10.2 Å². The van der Waals surface area contributed by atoms with Crippen LogP contribution in [0, 0.1) is 0 Å². The Bertz CT molecular complexity index is 1480. The van der Waals surface area contributed by atoms with E-state index in [-0.39, 0.29) is 5.91 Å². The van der Waals surface area contributed by atoms with E-state index in [1.165, 1.54) is 17.3 Å². The summed E-state index contributed by atoms with van der Waals surface area (Å²) < 4.78 is 46.0. The van der Waals surface area contributed by atoms with Gasteiger partial charge in [0.1, 0.15) is 11.6 Å². The van der Waals surface area contributed by atoms with Crippen LogP contribution in [0.3, 0.4) is 0 Å². The van der Waals surface area contributed by atoms with E-state index in [2.05, 4.69) is 25.4 Å². The van der Waals surface area contributed by atoms with Gasteiger partial charge in [0.2, 0.25) is 0 Å². The fourth-order valence-electron chi connectivity index (χ4n) is 3.56. The van der Waals surface area contributed by atoms with E-state index in [4.69, 9.17) is 8.22 Å². The van der Waals surface area contributed by atoms with Gasteiger partial charge in [-0.3, -0.25) is 9.48 Å². The lowest BCUT2D eigenvalue weighted by Gasteiger charge is -2.33. The number of rotatable bonds is 4. The second kappa shape index (κ2) is 8.35. The van der Waals surface area contributed by atoms with Crippen molar-refractivity contribution in [3.63, 3.8) is 0 Å². The molecule has 5 rings (SSSR count). The normalized spacial score (nSPS) is 18.2. The Hall–Kier alpha value is -3.85. The molecule has 4 aromatic heterocycles. The number of hydrogen-bond acceptors (Lipinski definition) is 7. The third kappa shape index (κ3) is 4.15. The minimum atomic E-state index is -2.38. The van der Waals surface area contributed by atoms with Crippen LogP contribution in [-0.2, 0) is 6.98 Å². The van der Waals surface area contributed by atoms with Crippen LogP contribution in [0.25, 0.3) is 22.2 Å². The van der Waals surface area contributed by atoms with E-state index in [0.717, 1.165) is 10.1 Å². The number of nitrogens with zero attached hydrogens (tertiary/aromatic N) is 7. The predicted octanol–water partition coefficient (Wildman–Crippen LogP) is 2.43. The predicted molar refractivity (Wildman–Crippen MR) is 124 cm³/mol. The highest BCUT2D eigenvalue weighted by molar-refractivity contribution is 6.04. The number of aromatic nitrogens is 5. The van der Waals surface area contributed by atoms with Gasteiger partial charge < -0.3 is 15.1 Å². The number of aryl methyl sites for hydroxylation is 1. The Kier molecular flexibility index (Phi) is 3.72. The monoisotopic (exact) mass is 434 g/mol. The third-order valence-electron chi connectivity index (χ3n) is 5.30. The molecule has 4 aromatic rings. The molecule has 0 radical (unpaired) electrons. The molecular formula is C23H24N8O. The SMILES string of the molecule is [2H]C([2H])([2H])N1CCN(c2cc(C(=O)Nc3cc4nc(-c5cnn(C([2H])([2H])[2H])c5)ccc4cn3)ccn2)CC1. The number of carbonyl (C=O) groups excluding carboxylic acids is 1. The van der Waals surface area contributed by atoms with E-state index in [1.807, 2.05) is 11.0 Å². The van der Waals surface area contributed by atoms with Gasteiger partial charge in [-0.15, -0.1) is 0 Å². The number of fused-ring (bicyclic) bond motifs is 1. The first-order chi connectivity index (χ1) is 18.0. The number of amides is 1. The Morgan fingerprint density at radius 2 is 1.97 bits per heavy atom. The first kappa shape index (κ1) is 14.3. The lowest BCUT2D eigenvalue weighted by Crippen LogP contribution is -2.44. The first-order valence-electron chi connectivity index (χ1n) is 13.1. The number of likely N-dealkylation sites (N-methyl/N-ethyl adjacent to an activating group) is 1. The summed E-state index contributed by atoms with van der Waals surface area (Å²) in [5.74, 6) is 0.518. The minimum absolute atomic E-state index is 0.301. The third-order valence-corrected chi connectivity index (χ3v) is 5.30. The van der Waals surface area contributed by atoms with Crippen LogP contribution in [0.4, 0.5) is 11.6 Å². The molecule has 0 saturated carbocycles. The molecule has 5 heterocycles. The Morgan fingerprint density at radius 3 is 2.78 bits per heavy atom. The summed E-state index contributed by atoms with van der Waals surface area (Å²) >= 11 is 0. The van der Waals surface area contributed by atoms with Gasteiger partial charge in [0.15, 0.2) is 0 Å². The van der Waals surface area contributed by atoms with Gasteiger partial charge in [0, 0.05) is 82.5 Å². The molecule has 162 valence electrons. The van der Waals surface area contributed by atoms with Crippen molar-refractivity contribution >= 4 is 28.4 Å². The van der Waals surface area contributed by atoms with Crippen molar-refractivity contribution in [1.82, 2.24) is 29.6 Å². The number of carbonyl (C=O) groups is 1. The fourth-order valence-corrected chi connectivity index (χ4v) is 3.56. The molecule has 0 atom stereocenters. The van der Waals surface area contributed by atoms with Gasteiger partial charge in [0.05, 0.1) is 17.4 Å². The molecule has 1 fully saturated rings. The molecule has 32 heavy (non-hydrogen) atoms. The van der Waals surface area contributed by atoms with Gasteiger partial charge in [-0.2, -0.15) is 5.10 Å². The van der Waals surface area contributed by atoms with Crippen molar-refractivity contribution in [2.24, 2.45) is 6.98 Å². The molecule has 1 N–H and O–H groups in total. The van der Waals surface area contributed by atoms with E-state index >= 15 is 0 Å². The maximum Gasteiger partial charge on any atom is 0.257 e. The Morgan fingerprint density at radius 1 is 1.06 bits per heavy atom. The van der Waals surface area contributed by atoms with E-state index in [0.29, 0.717) is 60.2 Å². The second-order valence-electron chi connectivity index (χ2n) is 7.46. The zero-order chi connectivity index (χ0) is 27.1.